The molecule has 10 heavy (non-hydrogen) atoms. The van der Waals surface area contributed by atoms with Crippen LogP contribution in [0.3, 0.4) is 0 Å². The molecule has 2 heteroatoms. The first kappa shape index (κ1) is 9.45. The van der Waals surface area contributed by atoms with E-state index in [-0.39, 0.29) is 0 Å². The predicted octanol–water partition coefficient (Wildman–Crippen LogP) is 1.39. The van der Waals surface area contributed by atoms with Gasteiger partial charge in [0.15, 0.2) is 0 Å². The summed E-state index contributed by atoms with van der Waals surface area (Å²) in [7, 11) is 4.34. The zero-order valence-corrected chi connectivity index (χ0v) is 7.22. The Hall–Kier alpha value is -0.550. The van der Waals surface area contributed by atoms with Crippen molar-refractivity contribution in [3.05, 3.63) is 0 Å². The maximum Gasteiger partial charge on any atom is 0.0914 e. The second-order valence-electron chi connectivity index (χ2n) is 3.29. The van der Waals surface area contributed by atoms with Crippen LogP contribution in [0.4, 0.5) is 0 Å². The summed E-state index contributed by atoms with van der Waals surface area (Å²) in [5.74, 6) is 0. The van der Waals surface area contributed by atoms with Gasteiger partial charge in [0, 0.05) is 0 Å². The highest BCUT2D eigenvalue weighted by Crippen LogP contribution is 1.99. The number of hydrogen-bond acceptors (Lipinski definition) is 1. The fourth-order valence-electron chi connectivity index (χ4n) is 1.07. The van der Waals surface area contributed by atoms with Gasteiger partial charge in [-0.2, -0.15) is 5.26 Å². The average molecular weight is 141 g/mol. The quantitative estimate of drug-likeness (QED) is 0.543. The van der Waals surface area contributed by atoms with E-state index in [1.807, 2.05) is 0 Å². The Bertz CT molecular complexity index is 122. The number of hydrogen-bond donors (Lipinski definition) is 0. The van der Waals surface area contributed by atoms with Crippen LogP contribution in [0.1, 0.15) is 19.8 Å². The SMILES string of the molecule is CCC[N+](C)(C)CCC#N. The van der Waals surface area contributed by atoms with Crippen molar-refractivity contribution < 1.29 is 4.48 Å². The number of rotatable bonds is 4. The highest BCUT2D eigenvalue weighted by molar-refractivity contribution is 4.67. The Morgan fingerprint density at radius 2 is 1.90 bits per heavy atom. The largest absolute Gasteiger partial charge is 0.328 e. The maximum atomic E-state index is 8.34. The first-order valence-electron chi connectivity index (χ1n) is 3.81. The van der Waals surface area contributed by atoms with E-state index in [1.54, 1.807) is 0 Å². The molecule has 0 aliphatic rings. The van der Waals surface area contributed by atoms with Crippen LogP contribution in [0.2, 0.25) is 0 Å². The Balaban J connectivity index is 3.54. The first-order chi connectivity index (χ1) is 4.62. The van der Waals surface area contributed by atoms with Gasteiger partial charge in [0.25, 0.3) is 0 Å². The number of nitriles is 1. The van der Waals surface area contributed by atoms with Gasteiger partial charge in [-0.05, 0) is 6.42 Å². The fourth-order valence-corrected chi connectivity index (χ4v) is 1.07. The predicted molar refractivity (Wildman–Crippen MR) is 42.4 cm³/mol. The molecule has 0 heterocycles. The van der Waals surface area contributed by atoms with Gasteiger partial charge in [-0.25, -0.2) is 0 Å². The molecule has 0 rings (SSSR count). The molecule has 0 N–H and O–H groups in total. The highest BCUT2D eigenvalue weighted by atomic mass is 15.3. The molecule has 0 bridgehead atoms. The van der Waals surface area contributed by atoms with Gasteiger partial charge in [0.1, 0.15) is 0 Å². The molecule has 0 aromatic carbocycles. The lowest BCUT2D eigenvalue weighted by atomic mass is 10.3. The first-order valence-corrected chi connectivity index (χ1v) is 3.81. The summed E-state index contributed by atoms with van der Waals surface area (Å²) < 4.78 is 0.976. The van der Waals surface area contributed by atoms with E-state index in [0.717, 1.165) is 11.0 Å². The van der Waals surface area contributed by atoms with Crippen LogP contribution in [0.5, 0.6) is 0 Å². The summed E-state index contributed by atoms with van der Waals surface area (Å²) in [5, 5.41) is 8.34. The molecule has 0 unspecified atom stereocenters. The molecule has 2 nitrogen and oxygen atoms in total. The van der Waals surface area contributed by atoms with Gasteiger partial charge < -0.3 is 4.48 Å². The molecule has 0 amide bonds. The maximum absolute atomic E-state index is 8.34. The van der Waals surface area contributed by atoms with Crippen LogP contribution in [0.25, 0.3) is 0 Å². The molecular weight excluding hydrogens is 124 g/mol. The van der Waals surface area contributed by atoms with Crippen molar-refractivity contribution in [3.8, 4) is 6.07 Å². The molecule has 0 aromatic heterocycles. The van der Waals surface area contributed by atoms with Crippen LogP contribution >= 0.6 is 0 Å². The molecule has 0 atom stereocenters. The Labute approximate surface area is 63.7 Å². The van der Waals surface area contributed by atoms with Gasteiger partial charge in [-0.1, -0.05) is 6.92 Å². The van der Waals surface area contributed by atoms with Crippen molar-refractivity contribution in [3.63, 3.8) is 0 Å². The minimum absolute atomic E-state index is 0.674. The van der Waals surface area contributed by atoms with E-state index < -0.39 is 0 Å². The zero-order chi connectivity index (χ0) is 8.04. The minimum Gasteiger partial charge on any atom is -0.328 e. The van der Waals surface area contributed by atoms with Crippen molar-refractivity contribution in [2.45, 2.75) is 19.8 Å². The number of quaternary nitrogens is 1. The van der Waals surface area contributed by atoms with E-state index in [0.29, 0.717) is 6.42 Å². The lowest BCUT2D eigenvalue weighted by molar-refractivity contribution is -0.889. The molecule has 0 radical (unpaired) electrons. The van der Waals surface area contributed by atoms with Crippen LogP contribution in [0, 0.1) is 11.3 Å². The van der Waals surface area contributed by atoms with E-state index >= 15 is 0 Å². The van der Waals surface area contributed by atoms with E-state index in [4.69, 9.17) is 5.26 Å². The van der Waals surface area contributed by atoms with Crippen molar-refractivity contribution in [1.82, 2.24) is 0 Å². The molecule has 0 saturated carbocycles. The summed E-state index contributed by atoms with van der Waals surface area (Å²) in [5.41, 5.74) is 0. The van der Waals surface area contributed by atoms with Gasteiger partial charge in [-0.3, -0.25) is 0 Å². The Morgan fingerprint density at radius 3 is 2.30 bits per heavy atom. The third-order valence-electron chi connectivity index (χ3n) is 1.66. The second kappa shape index (κ2) is 4.29. The van der Waals surface area contributed by atoms with Gasteiger partial charge in [-0.15, -0.1) is 0 Å². The second-order valence-corrected chi connectivity index (χ2v) is 3.29. The third-order valence-corrected chi connectivity index (χ3v) is 1.66. The zero-order valence-electron chi connectivity index (χ0n) is 7.22. The van der Waals surface area contributed by atoms with Crippen LogP contribution in [-0.2, 0) is 0 Å². The normalized spacial score (nSPS) is 11.0. The average Bonchev–Trinajstić information content (AvgIpc) is 1.84. The molecule has 0 aromatic rings. The molecule has 0 aliphatic heterocycles. The monoisotopic (exact) mass is 141 g/mol. The molecular formula is C8H17N2+. The van der Waals surface area contributed by atoms with Crippen LogP contribution in [0.15, 0.2) is 0 Å². The summed E-state index contributed by atoms with van der Waals surface area (Å²) >= 11 is 0. The van der Waals surface area contributed by atoms with E-state index in [2.05, 4.69) is 27.1 Å². The molecule has 0 fully saturated rings. The fraction of sp³-hybridized carbons (Fsp3) is 0.875. The lowest BCUT2D eigenvalue weighted by Gasteiger charge is -2.28. The van der Waals surface area contributed by atoms with Crippen molar-refractivity contribution >= 4 is 0 Å². The standard InChI is InChI=1S/C8H17N2/c1-4-7-10(2,3)8-5-6-9/h4-5,7-8H2,1-3H3/q+1. The molecule has 58 valence electrons. The summed E-state index contributed by atoms with van der Waals surface area (Å²) in [6.07, 6.45) is 1.87. The Kier molecular flexibility index (Phi) is 4.06. The summed E-state index contributed by atoms with van der Waals surface area (Å²) in [4.78, 5) is 0. The highest BCUT2D eigenvalue weighted by Gasteiger charge is 2.11. The van der Waals surface area contributed by atoms with Crippen LogP contribution < -0.4 is 0 Å². The van der Waals surface area contributed by atoms with Crippen molar-refractivity contribution in [1.29, 1.82) is 5.26 Å². The smallest absolute Gasteiger partial charge is 0.0914 e. The van der Waals surface area contributed by atoms with Gasteiger partial charge in [0.05, 0.1) is 39.7 Å². The number of nitrogens with zero attached hydrogens (tertiary/aromatic N) is 2. The lowest BCUT2D eigenvalue weighted by Crippen LogP contribution is -2.40. The van der Waals surface area contributed by atoms with Gasteiger partial charge in [0.2, 0.25) is 0 Å². The topological polar surface area (TPSA) is 23.8 Å². The molecule has 0 spiro atoms. The summed E-state index contributed by atoms with van der Waals surface area (Å²) in [6.45, 7) is 4.32. The van der Waals surface area contributed by atoms with Gasteiger partial charge >= 0.3 is 0 Å². The third kappa shape index (κ3) is 4.34. The van der Waals surface area contributed by atoms with Crippen molar-refractivity contribution in [2.75, 3.05) is 27.2 Å². The van der Waals surface area contributed by atoms with E-state index in [9.17, 15) is 0 Å². The minimum atomic E-state index is 0.674. The van der Waals surface area contributed by atoms with Crippen molar-refractivity contribution in [2.24, 2.45) is 0 Å². The molecule has 0 aliphatic carbocycles. The summed E-state index contributed by atoms with van der Waals surface area (Å²) in [6, 6.07) is 2.17. The Morgan fingerprint density at radius 1 is 1.30 bits per heavy atom. The van der Waals surface area contributed by atoms with Crippen LogP contribution in [-0.4, -0.2) is 31.7 Å². The van der Waals surface area contributed by atoms with E-state index in [1.165, 1.54) is 13.0 Å². The molecule has 0 saturated heterocycles.